The highest BCUT2D eigenvalue weighted by molar-refractivity contribution is 5.97. The van der Waals surface area contributed by atoms with Crippen LogP contribution in [0.15, 0.2) is 30.5 Å². The zero-order valence-corrected chi connectivity index (χ0v) is 12.0. The lowest BCUT2D eigenvalue weighted by atomic mass is 9.96. The third-order valence-electron chi connectivity index (χ3n) is 3.86. The van der Waals surface area contributed by atoms with E-state index < -0.39 is 0 Å². The molecule has 6 nitrogen and oxygen atoms in total. The van der Waals surface area contributed by atoms with Crippen LogP contribution in [0.3, 0.4) is 0 Å². The molecule has 0 radical (unpaired) electrons. The van der Waals surface area contributed by atoms with Gasteiger partial charge in [-0.25, -0.2) is 0 Å². The zero-order valence-electron chi connectivity index (χ0n) is 12.0. The normalized spacial score (nSPS) is 17.3. The van der Waals surface area contributed by atoms with Crippen LogP contribution in [0, 0.1) is 0 Å². The van der Waals surface area contributed by atoms with Crippen LogP contribution in [0.4, 0.5) is 5.69 Å². The fourth-order valence-corrected chi connectivity index (χ4v) is 2.70. The van der Waals surface area contributed by atoms with Crippen molar-refractivity contribution in [1.29, 1.82) is 0 Å². The third-order valence-corrected chi connectivity index (χ3v) is 3.86. The van der Waals surface area contributed by atoms with Crippen LogP contribution in [0.25, 0.3) is 0 Å². The molecule has 2 aromatic rings. The highest BCUT2D eigenvalue weighted by atomic mass is 16.2. The SMILES string of the molecule is Cn1ncc(N)c1C(=O)NCC1Cc2ccccc2CN1. The zero-order chi connectivity index (χ0) is 14.8. The summed E-state index contributed by atoms with van der Waals surface area (Å²) < 4.78 is 1.49. The summed E-state index contributed by atoms with van der Waals surface area (Å²) in [6.07, 6.45) is 2.40. The number of aryl methyl sites for hydroxylation is 1. The summed E-state index contributed by atoms with van der Waals surface area (Å²) in [4.78, 5) is 12.2. The fourth-order valence-electron chi connectivity index (χ4n) is 2.70. The Labute approximate surface area is 123 Å². The van der Waals surface area contributed by atoms with Crippen LogP contribution in [-0.4, -0.2) is 28.3 Å². The van der Waals surface area contributed by atoms with E-state index in [1.54, 1.807) is 7.05 Å². The summed E-state index contributed by atoms with van der Waals surface area (Å²) in [5.41, 5.74) is 9.24. The molecule has 3 rings (SSSR count). The number of carbonyl (C=O) groups is 1. The number of benzene rings is 1. The number of fused-ring (bicyclic) bond motifs is 1. The molecule has 110 valence electrons. The molecule has 2 heterocycles. The van der Waals surface area contributed by atoms with Crippen molar-refractivity contribution in [2.45, 2.75) is 19.0 Å². The number of aromatic nitrogens is 2. The van der Waals surface area contributed by atoms with Crippen molar-refractivity contribution in [3.63, 3.8) is 0 Å². The first-order chi connectivity index (χ1) is 10.1. The van der Waals surface area contributed by atoms with Gasteiger partial charge in [-0.05, 0) is 17.5 Å². The lowest BCUT2D eigenvalue weighted by Gasteiger charge is -2.26. The predicted molar refractivity (Wildman–Crippen MR) is 80.7 cm³/mol. The van der Waals surface area contributed by atoms with Gasteiger partial charge in [0.05, 0.1) is 11.9 Å². The van der Waals surface area contributed by atoms with Crippen LogP contribution in [0.5, 0.6) is 0 Å². The number of nitrogens with one attached hydrogen (secondary N) is 2. The van der Waals surface area contributed by atoms with Gasteiger partial charge in [0.1, 0.15) is 5.69 Å². The van der Waals surface area contributed by atoms with Crippen molar-refractivity contribution in [3.05, 3.63) is 47.3 Å². The summed E-state index contributed by atoms with van der Waals surface area (Å²) in [5, 5.41) is 10.3. The molecular weight excluding hydrogens is 266 g/mol. The molecule has 1 unspecified atom stereocenters. The number of anilines is 1. The first-order valence-corrected chi connectivity index (χ1v) is 7.01. The van der Waals surface area contributed by atoms with E-state index in [4.69, 9.17) is 5.73 Å². The molecule has 0 bridgehead atoms. The number of rotatable bonds is 3. The Kier molecular flexibility index (Phi) is 3.62. The summed E-state index contributed by atoms with van der Waals surface area (Å²) in [6.45, 7) is 1.41. The number of hydrogen-bond acceptors (Lipinski definition) is 4. The van der Waals surface area contributed by atoms with E-state index in [2.05, 4.69) is 33.9 Å². The maximum Gasteiger partial charge on any atom is 0.271 e. The Bertz CT molecular complexity index is 644. The molecule has 1 atom stereocenters. The molecule has 0 spiro atoms. The molecule has 1 aromatic heterocycles. The maximum atomic E-state index is 12.2. The average Bonchev–Trinajstić information content (AvgIpc) is 2.84. The Hall–Kier alpha value is -2.34. The van der Waals surface area contributed by atoms with Gasteiger partial charge in [0.2, 0.25) is 0 Å². The van der Waals surface area contributed by atoms with Gasteiger partial charge in [-0.1, -0.05) is 24.3 Å². The monoisotopic (exact) mass is 285 g/mol. The lowest BCUT2D eigenvalue weighted by molar-refractivity contribution is 0.0940. The molecular formula is C15H19N5O. The number of carbonyl (C=O) groups excluding carboxylic acids is 1. The molecule has 1 aromatic carbocycles. The molecule has 21 heavy (non-hydrogen) atoms. The van der Waals surface area contributed by atoms with Gasteiger partial charge >= 0.3 is 0 Å². The van der Waals surface area contributed by atoms with E-state index in [0.717, 1.165) is 13.0 Å². The summed E-state index contributed by atoms with van der Waals surface area (Å²) in [7, 11) is 1.71. The minimum Gasteiger partial charge on any atom is -0.396 e. The van der Waals surface area contributed by atoms with E-state index in [1.165, 1.54) is 22.0 Å². The largest absolute Gasteiger partial charge is 0.396 e. The molecule has 0 fully saturated rings. The van der Waals surface area contributed by atoms with Crippen molar-refractivity contribution in [2.24, 2.45) is 7.05 Å². The second-order valence-electron chi connectivity index (χ2n) is 5.33. The molecule has 1 aliphatic rings. The molecule has 0 saturated heterocycles. The number of nitrogens with two attached hydrogens (primary N) is 1. The average molecular weight is 285 g/mol. The molecule has 6 heteroatoms. The maximum absolute atomic E-state index is 12.2. The van der Waals surface area contributed by atoms with E-state index in [9.17, 15) is 4.79 Å². The number of amides is 1. The second-order valence-corrected chi connectivity index (χ2v) is 5.33. The smallest absolute Gasteiger partial charge is 0.271 e. The molecule has 1 amide bonds. The number of hydrogen-bond donors (Lipinski definition) is 3. The highest BCUT2D eigenvalue weighted by Crippen LogP contribution is 2.16. The first-order valence-electron chi connectivity index (χ1n) is 7.01. The molecule has 0 saturated carbocycles. The first kappa shape index (κ1) is 13.6. The van der Waals surface area contributed by atoms with E-state index in [0.29, 0.717) is 17.9 Å². The summed E-state index contributed by atoms with van der Waals surface area (Å²) in [5.74, 6) is -0.187. The predicted octanol–water partition coefficient (Wildman–Crippen LogP) is 0.447. The Morgan fingerprint density at radius 1 is 1.48 bits per heavy atom. The quantitative estimate of drug-likeness (QED) is 0.764. The summed E-state index contributed by atoms with van der Waals surface area (Å²) >= 11 is 0. The van der Waals surface area contributed by atoms with Gasteiger partial charge in [-0.15, -0.1) is 0 Å². The van der Waals surface area contributed by atoms with Gasteiger partial charge in [0.15, 0.2) is 0 Å². The minimum absolute atomic E-state index is 0.187. The van der Waals surface area contributed by atoms with E-state index in [1.807, 2.05) is 6.07 Å². The lowest BCUT2D eigenvalue weighted by Crippen LogP contribution is -2.44. The standard InChI is InChI=1S/C15H19N5O/c1-20-14(13(16)9-19-20)15(21)18-8-12-6-10-4-2-3-5-11(10)7-17-12/h2-5,9,12,17H,6-8,16H2,1H3,(H,18,21). The Morgan fingerprint density at radius 3 is 2.95 bits per heavy atom. The second kappa shape index (κ2) is 5.57. The fraction of sp³-hybridized carbons (Fsp3) is 0.333. The van der Waals surface area contributed by atoms with E-state index in [-0.39, 0.29) is 11.9 Å². The topological polar surface area (TPSA) is 85.0 Å². The van der Waals surface area contributed by atoms with Gasteiger partial charge < -0.3 is 16.4 Å². The van der Waals surface area contributed by atoms with Crippen LogP contribution in [-0.2, 0) is 20.0 Å². The number of nitrogens with zero attached hydrogens (tertiary/aromatic N) is 2. The van der Waals surface area contributed by atoms with Crippen molar-refractivity contribution in [1.82, 2.24) is 20.4 Å². The molecule has 4 N–H and O–H groups in total. The van der Waals surface area contributed by atoms with Crippen molar-refractivity contribution < 1.29 is 4.79 Å². The Morgan fingerprint density at radius 2 is 2.24 bits per heavy atom. The van der Waals surface area contributed by atoms with Crippen molar-refractivity contribution >= 4 is 11.6 Å². The van der Waals surface area contributed by atoms with Gasteiger partial charge in [-0.2, -0.15) is 5.10 Å². The number of nitrogen functional groups attached to an aromatic ring is 1. The summed E-state index contributed by atoms with van der Waals surface area (Å²) in [6, 6.07) is 8.61. The van der Waals surface area contributed by atoms with Gasteiger partial charge in [0.25, 0.3) is 5.91 Å². The van der Waals surface area contributed by atoms with Crippen molar-refractivity contribution in [2.75, 3.05) is 12.3 Å². The van der Waals surface area contributed by atoms with Gasteiger partial charge in [0, 0.05) is 26.2 Å². The third kappa shape index (κ3) is 2.75. The highest BCUT2D eigenvalue weighted by Gasteiger charge is 2.20. The van der Waals surface area contributed by atoms with Gasteiger partial charge in [-0.3, -0.25) is 9.48 Å². The van der Waals surface area contributed by atoms with Crippen LogP contribution >= 0.6 is 0 Å². The van der Waals surface area contributed by atoms with Crippen molar-refractivity contribution in [3.8, 4) is 0 Å². The van der Waals surface area contributed by atoms with Crippen LogP contribution in [0.1, 0.15) is 21.6 Å². The minimum atomic E-state index is -0.187. The molecule has 1 aliphatic heterocycles. The van der Waals surface area contributed by atoms with Crippen LogP contribution in [0.2, 0.25) is 0 Å². The molecule has 0 aliphatic carbocycles. The Balaban J connectivity index is 1.61. The van der Waals surface area contributed by atoms with Crippen LogP contribution < -0.4 is 16.4 Å². The van der Waals surface area contributed by atoms with E-state index >= 15 is 0 Å².